The maximum Gasteiger partial charge on any atom is 0.293 e. The van der Waals surface area contributed by atoms with Gasteiger partial charge in [0.1, 0.15) is 5.75 Å². The SMILES string of the molecule is C[Si](C)(C)[18O]C1Oc2ccccc2NC1=O. The number of ether oxygens (including phenoxy) is 1. The minimum absolute atomic E-state index is 0.235. The van der Waals surface area contributed by atoms with Crippen molar-refractivity contribution < 1.29 is 14.0 Å². The summed E-state index contributed by atoms with van der Waals surface area (Å²) in [5, 5.41) is 2.77. The second-order valence-corrected chi connectivity index (χ2v) is 9.13. The molecule has 0 aromatic heterocycles. The maximum absolute atomic E-state index is 11.7. The van der Waals surface area contributed by atoms with E-state index in [0.29, 0.717) is 11.4 Å². The third-order valence-corrected chi connectivity index (χ3v) is 2.97. The summed E-state index contributed by atoms with van der Waals surface area (Å²) in [5.74, 6) is 0.423. The molecule has 0 fully saturated rings. The highest BCUT2D eigenvalue weighted by molar-refractivity contribution is 6.69. The van der Waals surface area contributed by atoms with Crippen LogP contribution in [0.2, 0.25) is 19.6 Å². The molecule has 1 amide bonds. The van der Waals surface area contributed by atoms with Gasteiger partial charge in [-0.05, 0) is 31.8 Å². The largest absolute Gasteiger partial charge is 0.454 e. The van der Waals surface area contributed by atoms with Crippen LogP contribution in [-0.2, 0) is 9.22 Å². The lowest BCUT2D eigenvalue weighted by Crippen LogP contribution is -2.45. The van der Waals surface area contributed by atoms with Crippen molar-refractivity contribution in [2.75, 3.05) is 5.32 Å². The van der Waals surface area contributed by atoms with Gasteiger partial charge in [-0.15, -0.1) is 0 Å². The van der Waals surface area contributed by atoms with Gasteiger partial charge in [0.15, 0.2) is 8.32 Å². The number of anilines is 1. The fraction of sp³-hybridized carbons (Fsp3) is 0.364. The first kappa shape index (κ1) is 11.2. The summed E-state index contributed by atoms with van der Waals surface area (Å²) >= 11 is 0. The molecule has 0 radical (unpaired) electrons. The zero-order valence-electron chi connectivity index (χ0n) is 9.61. The van der Waals surface area contributed by atoms with Crippen LogP contribution in [0, 0.1) is 0 Å². The highest BCUT2D eigenvalue weighted by atomic mass is 28.4. The zero-order chi connectivity index (χ0) is 11.8. The first-order valence-corrected chi connectivity index (χ1v) is 8.61. The van der Waals surface area contributed by atoms with E-state index in [9.17, 15) is 4.79 Å². The van der Waals surface area contributed by atoms with E-state index in [1.165, 1.54) is 0 Å². The van der Waals surface area contributed by atoms with Gasteiger partial charge in [-0.25, -0.2) is 0 Å². The molecular weight excluding hydrogens is 224 g/mol. The number of rotatable bonds is 2. The molecule has 1 N–H and O–H groups in total. The van der Waals surface area contributed by atoms with Gasteiger partial charge in [-0.1, -0.05) is 12.1 Å². The normalized spacial score (nSPS) is 19.7. The Kier molecular flexibility index (Phi) is 2.73. The van der Waals surface area contributed by atoms with Gasteiger partial charge in [0.25, 0.3) is 12.2 Å². The highest BCUT2D eigenvalue weighted by Crippen LogP contribution is 2.29. The van der Waals surface area contributed by atoms with Crippen LogP contribution in [0.4, 0.5) is 5.69 Å². The van der Waals surface area contributed by atoms with Crippen LogP contribution in [0.15, 0.2) is 24.3 Å². The van der Waals surface area contributed by atoms with Crippen LogP contribution in [0.3, 0.4) is 0 Å². The summed E-state index contributed by atoms with van der Waals surface area (Å²) in [4.78, 5) is 11.7. The Hall–Kier alpha value is -1.33. The van der Waals surface area contributed by atoms with Crippen molar-refractivity contribution >= 4 is 19.9 Å². The number of hydrogen-bond acceptors (Lipinski definition) is 3. The third-order valence-electron chi connectivity index (χ3n) is 2.05. The molecule has 1 aromatic rings. The molecule has 86 valence electrons. The number of carbonyl (C=O) groups excluding carboxylic acids is 1. The topological polar surface area (TPSA) is 47.6 Å². The summed E-state index contributed by atoms with van der Waals surface area (Å²) in [6.07, 6.45) is -0.818. The number of hydrogen-bond donors (Lipinski definition) is 1. The van der Waals surface area contributed by atoms with Crippen LogP contribution in [0.1, 0.15) is 0 Å². The first-order valence-electron chi connectivity index (χ1n) is 5.20. The Bertz CT molecular complexity index is 414. The summed E-state index contributed by atoms with van der Waals surface area (Å²) in [6, 6.07) is 7.33. The summed E-state index contributed by atoms with van der Waals surface area (Å²) in [5.41, 5.74) is 0.697. The molecule has 1 aliphatic rings. The number of para-hydroxylation sites is 2. The average molecular weight is 239 g/mol. The molecule has 0 saturated heterocycles. The maximum atomic E-state index is 11.7. The van der Waals surface area contributed by atoms with E-state index in [4.69, 9.17) is 9.16 Å². The van der Waals surface area contributed by atoms with Gasteiger partial charge < -0.3 is 14.5 Å². The number of carbonyl (C=O) groups is 1. The van der Waals surface area contributed by atoms with Crippen LogP contribution < -0.4 is 10.1 Å². The lowest BCUT2D eigenvalue weighted by atomic mass is 10.2. The Morgan fingerprint density at radius 1 is 1.31 bits per heavy atom. The lowest BCUT2D eigenvalue weighted by molar-refractivity contribution is -0.136. The first-order chi connectivity index (χ1) is 7.46. The predicted octanol–water partition coefficient (Wildman–Crippen LogP) is 2.20. The van der Waals surface area contributed by atoms with E-state index in [-0.39, 0.29) is 5.91 Å². The molecular formula is C11H15NO3Si. The Balaban J connectivity index is 2.18. The van der Waals surface area contributed by atoms with E-state index in [2.05, 4.69) is 5.32 Å². The van der Waals surface area contributed by atoms with E-state index < -0.39 is 14.6 Å². The van der Waals surface area contributed by atoms with Crippen molar-refractivity contribution in [1.82, 2.24) is 0 Å². The minimum atomic E-state index is -1.79. The second kappa shape index (κ2) is 3.91. The van der Waals surface area contributed by atoms with Crippen LogP contribution in [0.5, 0.6) is 5.75 Å². The van der Waals surface area contributed by atoms with Gasteiger partial charge in [0, 0.05) is 0 Å². The molecule has 0 bridgehead atoms. The fourth-order valence-electron chi connectivity index (χ4n) is 1.43. The van der Waals surface area contributed by atoms with Crippen molar-refractivity contribution in [1.29, 1.82) is 0 Å². The van der Waals surface area contributed by atoms with Crippen LogP contribution in [-0.4, -0.2) is 20.5 Å². The van der Waals surface area contributed by atoms with E-state index in [0.717, 1.165) is 0 Å². The smallest absolute Gasteiger partial charge is 0.293 e. The molecule has 1 heterocycles. The van der Waals surface area contributed by atoms with Crippen molar-refractivity contribution in [2.24, 2.45) is 0 Å². The molecule has 1 unspecified atom stereocenters. The number of amides is 1. The summed E-state index contributed by atoms with van der Waals surface area (Å²) in [6.45, 7) is 6.05. The molecule has 0 saturated carbocycles. The molecule has 1 aromatic carbocycles. The molecule has 16 heavy (non-hydrogen) atoms. The molecule has 4 nitrogen and oxygen atoms in total. The summed E-state index contributed by atoms with van der Waals surface area (Å²) in [7, 11) is -1.79. The predicted molar refractivity (Wildman–Crippen MR) is 63.9 cm³/mol. The third kappa shape index (κ3) is 2.42. The summed E-state index contributed by atoms with van der Waals surface area (Å²) < 4.78 is 11.2. The number of fused-ring (bicyclic) bond motifs is 1. The minimum Gasteiger partial charge on any atom is -0.454 e. The molecule has 2 rings (SSSR count). The zero-order valence-corrected chi connectivity index (χ0v) is 10.6. The lowest BCUT2D eigenvalue weighted by Gasteiger charge is -2.30. The van der Waals surface area contributed by atoms with Gasteiger partial charge in [-0.3, -0.25) is 4.79 Å². The fourth-order valence-corrected chi connectivity index (χ4v) is 2.23. The Morgan fingerprint density at radius 2 is 2.00 bits per heavy atom. The molecule has 0 spiro atoms. The van der Waals surface area contributed by atoms with Crippen LogP contribution in [0.25, 0.3) is 0 Å². The van der Waals surface area contributed by atoms with Gasteiger partial charge in [0.2, 0.25) is 0 Å². The number of nitrogens with one attached hydrogen (secondary N) is 1. The van der Waals surface area contributed by atoms with Crippen molar-refractivity contribution in [2.45, 2.75) is 25.9 Å². The van der Waals surface area contributed by atoms with E-state index in [1.807, 2.05) is 37.8 Å². The average Bonchev–Trinajstić information content (AvgIpc) is 2.17. The van der Waals surface area contributed by atoms with Crippen molar-refractivity contribution in [3.8, 4) is 5.75 Å². The standard InChI is InChI=1S/C11H15NO3Si/c1-16(2,3)15-11-10(13)12-8-6-4-5-7-9(8)14-11/h4-7,11H,1-3H3,(H,12,13)/i15+2. The van der Waals surface area contributed by atoms with Crippen molar-refractivity contribution in [3.63, 3.8) is 0 Å². The number of benzene rings is 1. The quantitative estimate of drug-likeness (QED) is 0.635. The molecule has 1 aliphatic heterocycles. The molecule has 0 aliphatic carbocycles. The Morgan fingerprint density at radius 3 is 2.69 bits per heavy atom. The van der Waals surface area contributed by atoms with Crippen LogP contribution >= 0.6 is 0 Å². The van der Waals surface area contributed by atoms with Gasteiger partial charge in [0.05, 0.1) is 5.69 Å². The molecule has 1 atom stereocenters. The Labute approximate surface area is 95.7 Å². The van der Waals surface area contributed by atoms with Crippen molar-refractivity contribution in [3.05, 3.63) is 24.3 Å². The van der Waals surface area contributed by atoms with E-state index >= 15 is 0 Å². The van der Waals surface area contributed by atoms with Gasteiger partial charge in [-0.2, -0.15) is 0 Å². The van der Waals surface area contributed by atoms with E-state index in [1.54, 1.807) is 6.07 Å². The highest BCUT2D eigenvalue weighted by Gasteiger charge is 2.32. The second-order valence-electron chi connectivity index (χ2n) is 4.67. The van der Waals surface area contributed by atoms with Gasteiger partial charge >= 0.3 is 0 Å². The monoisotopic (exact) mass is 239 g/mol. The molecule has 5 heteroatoms.